The van der Waals surface area contributed by atoms with E-state index in [2.05, 4.69) is 480 Å². The highest BCUT2D eigenvalue weighted by molar-refractivity contribution is 14.1. The van der Waals surface area contributed by atoms with Crippen molar-refractivity contribution in [2.24, 2.45) is 0 Å². The number of benzene rings is 20. The molecule has 3 N–H and O–H groups in total. The number of nitrogen functional groups attached to an aromatic ring is 1. The lowest BCUT2D eigenvalue weighted by molar-refractivity contribution is 1.18. The van der Waals surface area contributed by atoms with Crippen molar-refractivity contribution in [1.29, 1.82) is 10.5 Å². The van der Waals surface area contributed by atoms with E-state index in [1.54, 1.807) is 24.3 Å². The Labute approximate surface area is 869 Å². The van der Waals surface area contributed by atoms with Crippen molar-refractivity contribution in [3.63, 3.8) is 0 Å². The number of aromatic nitrogens is 4. The highest BCUT2D eigenvalue weighted by Gasteiger charge is 2.23. The Morgan fingerprint density at radius 3 is 0.860 bits per heavy atom. The van der Waals surface area contributed by atoms with Crippen LogP contribution in [0.3, 0.4) is 0 Å². The molecule has 0 aliphatic rings. The van der Waals surface area contributed by atoms with Gasteiger partial charge in [-0.25, -0.2) is 9.69 Å². The maximum atomic E-state index is 9.67. The molecule has 0 atom stereocenters. The van der Waals surface area contributed by atoms with E-state index in [1.165, 1.54) is 74.8 Å². The summed E-state index contributed by atoms with van der Waals surface area (Å²) < 4.78 is 12.8. The van der Waals surface area contributed by atoms with Gasteiger partial charge in [-0.05, 0) is 312 Å². The zero-order chi connectivity index (χ0) is 94.7. The molecule has 0 bridgehead atoms. The molecule has 0 aliphatic carbocycles. The van der Waals surface area contributed by atoms with Crippen LogP contribution in [0.1, 0.15) is 36.3 Å². The number of anilines is 9. The van der Waals surface area contributed by atoms with Crippen molar-refractivity contribution in [3.05, 3.63) is 532 Å². The molecular formula is C127H99BBr2IN12. The third kappa shape index (κ3) is 21.0. The smallest absolute Gasteiger partial charge is 0.187 e. The third-order valence-corrected chi connectivity index (χ3v) is 26.3. The molecule has 4 heterocycles. The van der Waals surface area contributed by atoms with Crippen LogP contribution in [0.15, 0.2) is 494 Å². The lowest BCUT2D eigenvalue weighted by atomic mass is 10.0. The van der Waals surface area contributed by atoms with Gasteiger partial charge in [-0.3, -0.25) is 0 Å². The van der Waals surface area contributed by atoms with Gasteiger partial charge < -0.3 is 39.1 Å². The summed E-state index contributed by atoms with van der Waals surface area (Å²) in [4.78, 5) is 11.6. The molecule has 0 saturated heterocycles. The summed E-state index contributed by atoms with van der Waals surface area (Å²) in [6.07, 6.45) is 0. The monoisotopic (exact) mass is 2090 g/mol. The molecule has 691 valence electrons. The summed E-state index contributed by atoms with van der Waals surface area (Å²) in [5.74, 6) is 0. The molecule has 16 heteroatoms. The SMILES string of the molecule is Brc1ccc(-c2ccc(Br)cc2)cc1.C.C.C.Ic1ccc2c(c1)c1ccccc1n2-c1ccccc1.N#Cc1ccc(N)cc1.[2HH].[2HH].[B].[C-]#[N+]c1ccc(N(c2ccc(-c3ccc(N(c4ccc(C#N)cc4)c4ccc5c(c4)c4ccccc4n5-c4ccccc4)cc3)cc2)c2ccc3c(c2)c2ccccc2n3-c2ccccc2)cc1.[C-]#[N+]c1ccc(Nc2ccc3c(c2)c2ccccc2n3-c2ccccc2)cc1. The molecule has 20 aromatic carbocycles. The van der Waals surface area contributed by atoms with Crippen molar-refractivity contribution in [3.8, 4) is 57.1 Å². The van der Waals surface area contributed by atoms with Crippen LogP contribution in [-0.2, 0) is 0 Å². The first kappa shape index (κ1) is 98.6. The van der Waals surface area contributed by atoms with Crippen LogP contribution in [0.5, 0.6) is 0 Å². The lowest BCUT2D eigenvalue weighted by Gasteiger charge is -2.26. The normalized spacial score (nSPS) is 10.5. The lowest BCUT2D eigenvalue weighted by Crippen LogP contribution is -2.10. The van der Waals surface area contributed by atoms with Crippen LogP contribution in [0, 0.1) is 39.4 Å². The average molecular weight is 2090 g/mol. The second kappa shape index (κ2) is 45.0. The van der Waals surface area contributed by atoms with Crippen molar-refractivity contribution < 1.29 is 2.85 Å². The molecule has 24 rings (SSSR count). The summed E-state index contributed by atoms with van der Waals surface area (Å²) >= 11 is 9.22. The van der Waals surface area contributed by atoms with E-state index in [0.717, 1.165) is 115 Å². The first-order chi connectivity index (χ1) is 68.4. The number of hydrogen-bond donors (Lipinski definition) is 2. The van der Waals surface area contributed by atoms with Crippen molar-refractivity contribution in [2.45, 2.75) is 22.3 Å². The Bertz CT molecular complexity index is 8470. The van der Waals surface area contributed by atoms with Crippen LogP contribution in [0.4, 0.5) is 62.6 Å². The van der Waals surface area contributed by atoms with E-state index in [-0.39, 0.29) is 33.5 Å². The zero-order valence-electron chi connectivity index (χ0n) is 75.4. The Balaban J connectivity index is 0.000000175. The van der Waals surface area contributed by atoms with Crippen LogP contribution < -0.4 is 20.9 Å². The second-order valence-electron chi connectivity index (χ2n) is 33.1. The molecule has 0 saturated carbocycles. The van der Waals surface area contributed by atoms with Gasteiger partial charge in [-0.2, -0.15) is 10.5 Å². The largest absolute Gasteiger partial charge is 0.399 e. The summed E-state index contributed by atoms with van der Waals surface area (Å²) in [5.41, 5.74) is 35.3. The Hall–Kier alpha value is -17.5. The number of nitrogens with one attached hydrogen (secondary N) is 1. The molecule has 3 radical (unpaired) electrons. The van der Waals surface area contributed by atoms with E-state index >= 15 is 0 Å². The molecule has 0 amide bonds. The van der Waals surface area contributed by atoms with Gasteiger partial charge in [-0.15, -0.1) is 0 Å². The average Bonchev–Trinajstić information content (AvgIpc) is 1.60. The maximum absolute atomic E-state index is 9.67. The summed E-state index contributed by atoms with van der Waals surface area (Å²) in [6.45, 7) is 14.7. The van der Waals surface area contributed by atoms with Gasteiger partial charge in [0.2, 0.25) is 0 Å². The minimum atomic E-state index is 0. The quantitative estimate of drug-likeness (QED) is 0.0484. The first-order valence-electron chi connectivity index (χ1n) is 45.2. The number of rotatable bonds is 14. The molecule has 0 aliphatic heterocycles. The van der Waals surface area contributed by atoms with Gasteiger partial charge in [-0.1, -0.05) is 273 Å². The summed E-state index contributed by atoms with van der Waals surface area (Å²) in [7, 11) is 0. The van der Waals surface area contributed by atoms with Gasteiger partial charge in [0.25, 0.3) is 0 Å². The van der Waals surface area contributed by atoms with Gasteiger partial charge in [0.15, 0.2) is 11.4 Å². The number of nitrogens with zero attached hydrogens (tertiary/aromatic N) is 10. The molecule has 24 aromatic rings. The molecule has 143 heavy (non-hydrogen) atoms. The van der Waals surface area contributed by atoms with E-state index in [0.29, 0.717) is 28.2 Å². The minimum Gasteiger partial charge on any atom is -0.399 e. The fourth-order valence-electron chi connectivity index (χ4n) is 18.1. The second-order valence-corrected chi connectivity index (χ2v) is 36.2. The Morgan fingerprint density at radius 1 is 0.273 bits per heavy atom. The van der Waals surface area contributed by atoms with Crippen LogP contribution >= 0.6 is 54.5 Å². The standard InChI is InChI=1S/C62H40N6.C25H17N3.C18H12IN.C12H8Br2.C7H6N2.3CH4.B.2H2/c1-64-46-26-34-52(35-27-46)66(54-37-39-62-58(41-54)56-17-9-11-19-60(56)68(62)48-14-6-3-7-15-48)51-32-24-45(25-33-51)44-22-30-50(31-23-44)65(49-28-20-43(42-63)21-29-49)53-36-38-61-57(40-53)55-16-8-10-18-59(55)67(61)47-12-4-2-5-13-47;1-26-18-11-13-19(14-12-18)27-20-15-16-25-23(17-20)22-9-5-6-10-24(22)28(25)21-7-3-2-4-8-21;19-13-10-11-18-16(12-13)15-8-4-5-9-17(15)20(18)14-6-2-1-3-7-14;13-11-5-1-9(2-6-11)10-3-7-12(14)8-4-10;8-5-6-1-3-7(9)4-2-6;;;;;;/h2-41H;2-17,27H;1-12H;1-8H;1-4H,9H2;3*1H4;;2*1H/i;;;;;;;;;2*1+1. The maximum Gasteiger partial charge on any atom is 0.187 e. The summed E-state index contributed by atoms with van der Waals surface area (Å²) in [6, 6.07) is 171. The van der Waals surface area contributed by atoms with Crippen LogP contribution in [0.25, 0.3) is 142 Å². The van der Waals surface area contributed by atoms with E-state index in [4.69, 9.17) is 24.1 Å². The number of fused-ring (bicyclic) bond motifs is 12. The number of nitriles is 2. The predicted octanol–water partition coefficient (Wildman–Crippen LogP) is 37.4. The van der Waals surface area contributed by atoms with E-state index in [9.17, 15) is 5.26 Å². The Kier molecular flexibility index (Phi) is 31.0. The van der Waals surface area contributed by atoms with E-state index < -0.39 is 0 Å². The molecule has 12 nitrogen and oxygen atoms in total. The molecule has 4 aromatic heterocycles. The molecule has 0 unspecified atom stereocenters. The number of para-hydroxylation sites is 8. The highest BCUT2D eigenvalue weighted by atomic mass is 127. The van der Waals surface area contributed by atoms with Gasteiger partial charge in [0.1, 0.15) is 0 Å². The fraction of sp³-hybridized carbons (Fsp3) is 0.0236. The first-order valence-corrected chi connectivity index (χ1v) is 47.9. The zero-order valence-corrected chi connectivity index (χ0v) is 80.8. The van der Waals surface area contributed by atoms with Crippen LogP contribution in [-0.4, -0.2) is 26.7 Å². The topological polar surface area (TPSA) is 121 Å². The van der Waals surface area contributed by atoms with Gasteiger partial charge >= 0.3 is 0 Å². The third-order valence-electron chi connectivity index (χ3n) is 24.6. The van der Waals surface area contributed by atoms with Crippen molar-refractivity contribution in [1.82, 2.24) is 18.3 Å². The fourth-order valence-corrected chi connectivity index (χ4v) is 19.1. The van der Waals surface area contributed by atoms with E-state index in [1.807, 2.05) is 91.0 Å². The Morgan fingerprint density at radius 2 is 0.524 bits per heavy atom. The molecule has 0 fully saturated rings. The summed E-state index contributed by atoms with van der Waals surface area (Å²) in [5, 5.41) is 31.2. The number of nitrogens with two attached hydrogens (primary N) is 1. The number of hydrogen-bond acceptors (Lipinski definition) is 6. The number of halogens is 3. The van der Waals surface area contributed by atoms with Gasteiger partial charge in [0.05, 0.1) is 80.5 Å². The van der Waals surface area contributed by atoms with Gasteiger partial charge in [0, 0.05) is 141 Å². The van der Waals surface area contributed by atoms with Crippen LogP contribution in [0.2, 0.25) is 0 Å². The highest BCUT2D eigenvalue weighted by Crippen LogP contribution is 2.45. The van der Waals surface area contributed by atoms with Crippen molar-refractivity contribution >= 4 is 213 Å². The predicted molar refractivity (Wildman–Crippen MR) is 624 cm³/mol. The molecule has 0 spiro atoms. The minimum absolute atomic E-state index is 0. The van der Waals surface area contributed by atoms with Crippen molar-refractivity contribution in [2.75, 3.05) is 20.9 Å². The molecular weight excluding hydrogens is 1990 g/mol.